The Morgan fingerprint density at radius 3 is 2.59 bits per heavy atom. The van der Waals surface area contributed by atoms with Crippen molar-refractivity contribution in [3.63, 3.8) is 0 Å². The van der Waals surface area contributed by atoms with Gasteiger partial charge in [0.25, 0.3) is 5.56 Å². The molecule has 0 aliphatic rings. The van der Waals surface area contributed by atoms with E-state index in [1.54, 1.807) is 22.2 Å². The first kappa shape index (κ1) is 19.3. The van der Waals surface area contributed by atoms with E-state index in [0.717, 1.165) is 21.1 Å². The van der Waals surface area contributed by atoms with Crippen LogP contribution in [0, 0.1) is 6.92 Å². The number of aromatic nitrogens is 5. The van der Waals surface area contributed by atoms with Gasteiger partial charge in [-0.25, -0.2) is 9.67 Å². The number of thiazole rings is 1. The summed E-state index contributed by atoms with van der Waals surface area (Å²) in [5.41, 5.74) is 2.16. The van der Waals surface area contributed by atoms with Crippen LogP contribution in [-0.2, 0) is 5.54 Å². The molecule has 150 valence electrons. The Labute approximate surface area is 172 Å². The SMILES string of the molecule is Cc1nc(-c2ccccc2)sc1C(C)Nc1nc2c(cnn2C(C)(C)C)c(=O)[nH]1. The second-order valence-electron chi connectivity index (χ2n) is 8.08. The Balaban J connectivity index is 1.67. The number of benzene rings is 1. The fourth-order valence-electron chi connectivity index (χ4n) is 3.26. The smallest absolute Gasteiger partial charge is 0.263 e. The lowest BCUT2D eigenvalue weighted by atomic mass is 10.1. The van der Waals surface area contributed by atoms with Crippen LogP contribution in [0.1, 0.15) is 44.3 Å². The summed E-state index contributed by atoms with van der Waals surface area (Å²) in [6.07, 6.45) is 1.57. The first-order chi connectivity index (χ1) is 13.7. The molecule has 0 fully saturated rings. The molecule has 0 radical (unpaired) electrons. The highest BCUT2D eigenvalue weighted by molar-refractivity contribution is 7.15. The molecule has 4 aromatic rings. The third-order valence-electron chi connectivity index (χ3n) is 4.67. The minimum Gasteiger partial charge on any atom is -0.348 e. The van der Waals surface area contributed by atoms with E-state index >= 15 is 0 Å². The second kappa shape index (κ2) is 7.11. The van der Waals surface area contributed by atoms with Gasteiger partial charge in [-0.3, -0.25) is 9.78 Å². The maximum Gasteiger partial charge on any atom is 0.263 e. The molecule has 1 aromatic carbocycles. The maximum atomic E-state index is 12.5. The van der Waals surface area contributed by atoms with Crippen LogP contribution in [-0.4, -0.2) is 24.7 Å². The normalized spacial score (nSPS) is 13.0. The third-order valence-corrected chi connectivity index (χ3v) is 6.06. The molecule has 0 aliphatic heterocycles. The molecule has 3 aromatic heterocycles. The number of rotatable bonds is 4. The van der Waals surface area contributed by atoms with Crippen LogP contribution in [0.2, 0.25) is 0 Å². The first-order valence-corrected chi connectivity index (χ1v) is 10.3. The van der Waals surface area contributed by atoms with Gasteiger partial charge >= 0.3 is 0 Å². The zero-order chi connectivity index (χ0) is 20.8. The summed E-state index contributed by atoms with van der Waals surface area (Å²) in [7, 11) is 0. The van der Waals surface area contributed by atoms with E-state index in [-0.39, 0.29) is 17.1 Å². The Kier molecular flexibility index (Phi) is 4.74. The zero-order valence-electron chi connectivity index (χ0n) is 17.1. The van der Waals surface area contributed by atoms with Gasteiger partial charge in [0.1, 0.15) is 10.4 Å². The highest BCUT2D eigenvalue weighted by Gasteiger charge is 2.21. The molecule has 0 saturated heterocycles. The quantitative estimate of drug-likeness (QED) is 0.520. The van der Waals surface area contributed by atoms with Gasteiger partial charge in [-0.05, 0) is 34.6 Å². The average Bonchev–Trinajstić information content (AvgIpc) is 3.26. The van der Waals surface area contributed by atoms with Crippen LogP contribution < -0.4 is 10.9 Å². The van der Waals surface area contributed by atoms with Crippen LogP contribution in [0.3, 0.4) is 0 Å². The summed E-state index contributed by atoms with van der Waals surface area (Å²) in [6.45, 7) is 10.1. The number of aryl methyl sites for hydroxylation is 1. The topological polar surface area (TPSA) is 88.5 Å². The van der Waals surface area contributed by atoms with Crippen LogP contribution in [0.15, 0.2) is 41.3 Å². The average molecular weight is 409 g/mol. The van der Waals surface area contributed by atoms with Gasteiger partial charge < -0.3 is 5.32 Å². The van der Waals surface area contributed by atoms with Crippen molar-refractivity contribution in [3.8, 4) is 10.6 Å². The lowest BCUT2D eigenvalue weighted by Gasteiger charge is -2.20. The van der Waals surface area contributed by atoms with Crippen molar-refractivity contribution in [3.05, 3.63) is 57.5 Å². The van der Waals surface area contributed by atoms with Gasteiger partial charge in [0.05, 0.1) is 28.3 Å². The largest absolute Gasteiger partial charge is 0.348 e. The molecular formula is C21H24N6OS. The van der Waals surface area contributed by atoms with Crippen LogP contribution in [0.5, 0.6) is 0 Å². The van der Waals surface area contributed by atoms with Crippen molar-refractivity contribution in [1.29, 1.82) is 0 Å². The number of H-pyrrole nitrogens is 1. The van der Waals surface area contributed by atoms with E-state index in [2.05, 4.69) is 32.5 Å². The summed E-state index contributed by atoms with van der Waals surface area (Å²) in [5.74, 6) is 0.426. The van der Waals surface area contributed by atoms with Gasteiger partial charge in [0.2, 0.25) is 5.95 Å². The second-order valence-corrected chi connectivity index (χ2v) is 9.11. The van der Waals surface area contributed by atoms with Crippen LogP contribution in [0.25, 0.3) is 21.6 Å². The number of anilines is 1. The number of nitrogens with one attached hydrogen (secondary N) is 2. The minimum atomic E-state index is -0.274. The van der Waals surface area contributed by atoms with Crippen molar-refractivity contribution in [2.75, 3.05) is 5.32 Å². The van der Waals surface area contributed by atoms with Gasteiger partial charge in [0, 0.05) is 5.56 Å². The third kappa shape index (κ3) is 3.67. The van der Waals surface area contributed by atoms with E-state index in [4.69, 9.17) is 4.98 Å². The van der Waals surface area contributed by atoms with Crippen LogP contribution >= 0.6 is 11.3 Å². The van der Waals surface area contributed by atoms with E-state index in [9.17, 15) is 4.79 Å². The monoisotopic (exact) mass is 408 g/mol. The Hall–Kier alpha value is -3.00. The summed E-state index contributed by atoms with van der Waals surface area (Å²) in [6, 6.07) is 10.1. The highest BCUT2D eigenvalue weighted by Crippen LogP contribution is 2.32. The molecule has 3 heterocycles. The number of fused-ring (bicyclic) bond motifs is 1. The first-order valence-electron chi connectivity index (χ1n) is 9.52. The predicted molar refractivity (Wildman–Crippen MR) is 117 cm³/mol. The standard InChI is InChI=1S/C21H24N6OS/c1-12-16(29-19(23-12)14-9-7-6-8-10-14)13(2)24-20-25-17-15(18(28)26-20)11-22-27(17)21(3,4)5/h6-11,13H,1-5H3,(H2,24,25,26,28). The molecular weight excluding hydrogens is 384 g/mol. The summed E-state index contributed by atoms with van der Waals surface area (Å²) >= 11 is 1.65. The number of nitrogens with zero attached hydrogens (tertiary/aromatic N) is 4. The summed E-state index contributed by atoms with van der Waals surface area (Å²) in [4.78, 5) is 25.8. The van der Waals surface area contributed by atoms with E-state index < -0.39 is 0 Å². The van der Waals surface area contributed by atoms with E-state index in [1.807, 2.05) is 52.8 Å². The van der Waals surface area contributed by atoms with Crippen molar-refractivity contribution in [1.82, 2.24) is 24.7 Å². The molecule has 8 heteroatoms. The molecule has 0 spiro atoms. The molecule has 0 bridgehead atoms. The minimum absolute atomic E-state index is 0.0587. The van der Waals surface area contributed by atoms with Crippen molar-refractivity contribution < 1.29 is 0 Å². The zero-order valence-corrected chi connectivity index (χ0v) is 18.0. The lowest BCUT2D eigenvalue weighted by molar-refractivity contribution is 0.366. The molecule has 0 amide bonds. The number of aromatic amines is 1. The molecule has 1 atom stereocenters. The molecule has 4 rings (SSSR count). The Bertz CT molecular complexity index is 1220. The van der Waals surface area contributed by atoms with Gasteiger partial charge in [-0.1, -0.05) is 30.3 Å². The molecule has 0 aliphatic carbocycles. The van der Waals surface area contributed by atoms with Crippen molar-refractivity contribution >= 4 is 28.3 Å². The summed E-state index contributed by atoms with van der Waals surface area (Å²) in [5, 5.41) is 9.15. The van der Waals surface area contributed by atoms with Gasteiger partial charge in [0.15, 0.2) is 5.65 Å². The Morgan fingerprint density at radius 1 is 1.17 bits per heavy atom. The molecule has 29 heavy (non-hydrogen) atoms. The Morgan fingerprint density at radius 2 is 1.90 bits per heavy atom. The van der Waals surface area contributed by atoms with Crippen LogP contribution in [0.4, 0.5) is 5.95 Å². The fourth-order valence-corrected chi connectivity index (χ4v) is 4.34. The maximum absolute atomic E-state index is 12.5. The molecule has 2 N–H and O–H groups in total. The fraction of sp³-hybridized carbons (Fsp3) is 0.333. The van der Waals surface area contributed by atoms with Crippen molar-refractivity contribution in [2.45, 2.75) is 46.2 Å². The molecule has 7 nitrogen and oxygen atoms in total. The van der Waals surface area contributed by atoms with Gasteiger partial charge in [-0.2, -0.15) is 10.1 Å². The van der Waals surface area contributed by atoms with Crippen molar-refractivity contribution in [2.24, 2.45) is 0 Å². The number of hydrogen-bond donors (Lipinski definition) is 2. The number of hydrogen-bond acceptors (Lipinski definition) is 6. The van der Waals surface area contributed by atoms with E-state index in [0.29, 0.717) is 17.0 Å². The molecule has 1 unspecified atom stereocenters. The highest BCUT2D eigenvalue weighted by atomic mass is 32.1. The predicted octanol–water partition coefficient (Wildman–Crippen LogP) is 4.48. The molecule has 0 saturated carbocycles. The van der Waals surface area contributed by atoms with E-state index in [1.165, 1.54) is 0 Å². The van der Waals surface area contributed by atoms with Gasteiger partial charge in [-0.15, -0.1) is 11.3 Å². The lowest BCUT2D eigenvalue weighted by Crippen LogP contribution is -2.24. The summed E-state index contributed by atoms with van der Waals surface area (Å²) < 4.78 is 1.78.